The van der Waals surface area contributed by atoms with Gasteiger partial charge in [-0.25, -0.2) is 0 Å². The fraction of sp³-hybridized carbons (Fsp3) is 0.125. The van der Waals surface area contributed by atoms with Gasteiger partial charge in [-0.05, 0) is 70.8 Å². The Hall–Kier alpha value is -2.22. The van der Waals surface area contributed by atoms with Gasteiger partial charge in [-0.15, -0.1) is 0 Å². The molecule has 90 valence electrons. The van der Waals surface area contributed by atoms with E-state index >= 15 is 0 Å². The van der Waals surface area contributed by atoms with Gasteiger partial charge in [0.2, 0.25) is 0 Å². The predicted octanol–water partition coefficient (Wildman–Crippen LogP) is 4.02. The molecule has 0 atom stereocenters. The Morgan fingerprint density at radius 1 is 0.778 bits per heavy atom. The standard InChI is InChI=1S/C16H14O2/c1-9-5-11-3-4-12-7-13(17)6-10(2)16(12)14(11)8-15(9)18/h3-8,17-18H,1-2H3. The van der Waals surface area contributed by atoms with Crippen molar-refractivity contribution in [3.05, 3.63) is 47.5 Å². The van der Waals surface area contributed by atoms with Crippen LogP contribution in [0.3, 0.4) is 0 Å². The summed E-state index contributed by atoms with van der Waals surface area (Å²) in [5.41, 5.74) is 1.89. The van der Waals surface area contributed by atoms with Crippen LogP contribution < -0.4 is 0 Å². The van der Waals surface area contributed by atoms with E-state index in [0.717, 1.165) is 32.7 Å². The van der Waals surface area contributed by atoms with Crippen molar-refractivity contribution in [2.45, 2.75) is 13.8 Å². The Balaban J connectivity index is 2.56. The van der Waals surface area contributed by atoms with Crippen LogP contribution in [0.4, 0.5) is 0 Å². The smallest absolute Gasteiger partial charge is 0.119 e. The van der Waals surface area contributed by atoms with E-state index in [-0.39, 0.29) is 5.75 Å². The van der Waals surface area contributed by atoms with Gasteiger partial charge in [0.25, 0.3) is 0 Å². The molecule has 2 heteroatoms. The molecule has 2 N–H and O–H groups in total. The van der Waals surface area contributed by atoms with Gasteiger partial charge < -0.3 is 10.2 Å². The van der Waals surface area contributed by atoms with Crippen molar-refractivity contribution in [1.82, 2.24) is 0 Å². The van der Waals surface area contributed by atoms with E-state index in [9.17, 15) is 10.2 Å². The fourth-order valence-corrected chi connectivity index (χ4v) is 2.55. The second-order valence-corrected chi connectivity index (χ2v) is 4.79. The summed E-state index contributed by atoms with van der Waals surface area (Å²) >= 11 is 0. The van der Waals surface area contributed by atoms with Crippen molar-refractivity contribution < 1.29 is 10.2 Å². The van der Waals surface area contributed by atoms with E-state index in [1.54, 1.807) is 18.2 Å². The topological polar surface area (TPSA) is 40.5 Å². The fourth-order valence-electron chi connectivity index (χ4n) is 2.55. The van der Waals surface area contributed by atoms with Gasteiger partial charge in [-0.3, -0.25) is 0 Å². The first-order valence-corrected chi connectivity index (χ1v) is 5.92. The maximum Gasteiger partial charge on any atom is 0.119 e. The summed E-state index contributed by atoms with van der Waals surface area (Å²) in [6, 6.07) is 11.3. The van der Waals surface area contributed by atoms with Crippen LogP contribution >= 0.6 is 0 Å². The van der Waals surface area contributed by atoms with Crippen LogP contribution in [0.1, 0.15) is 11.1 Å². The number of hydrogen-bond donors (Lipinski definition) is 2. The molecule has 0 amide bonds. The summed E-state index contributed by atoms with van der Waals surface area (Å²) < 4.78 is 0. The number of phenols is 2. The number of rotatable bonds is 0. The molecule has 0 saturated heterocycles. The van der Waals surface area contributed by atoms with Crippen LogP contribution in [0.2, 0.25) is 0 Å². The summed E-state index contributed by atoms with van der Waals surface area (Å²) in [5, 5.41) is 23.7. The van der Waals surface area contributed by atoms with Crippen LogP contribution in [0, 0.1) is 13.8 Å². The van der Waals surface area contributed by atoms with Gasteiger partial charge in [-0.1, -0.05) is 12.1 Å². The molecule has 0 bridgehead atoms. The maximum absolute atomic E-state index is 9.87. The number of hydrogen-bond acceptors (Lipinski definition) is 2. The van der Waals surface area contributed by atoms with E-state index < -0.39 is 0 Å². The first kappa shape index (κ1) is 10.9. The zero-order chi connectivity index (χ0) is 12.9. The van der Waals surface area contributed by atoms with Crippen LogP contribution in [0.15, 0.2) is 36.4 Å². The lowest BCUT2D eigenvalue weighted by Gasteiger charge is -2.09. The SMILES string of the molecule is Cc1cc2ccc3cc(O)cc(C)c3c2cc1O. The third-order valence-electron chi connectivity index (χ3n) is 3.43. The number of aromatic hydroxyl groups is 2. The molecule has 0 aliphatic carbocycles. The van der Waals surface area contributed by atoms with Crippen molar-refractivity contribution in [3.8, 4) is 11.5 Å². The highest BCUT2D eigenvalue weighted by atomic mass is 16.3. The van der Waals surface area contributed by atoms with Crippen molar-refractivity contribution in [2.75, 3.05) is 0 Å². The van der Waals surface area contributed by atoms with Gasteiger partial charge in [0.15, 0.2) is 0 Å². The number of fused-ring (bicyclic) bond motifs is 3. The number of phenolic OH excluding ortho intramolecular Hbond substituents is 2. The van der Waals surface area contributed by atoms with Crippen LogP contribution in [0.5, 0.6) is 11.5 Å². The second kappa shape index (κ2) is 3.64. The lowest BCUT2D eigenvalue weighted by Crippen LogP contribution is -1.84. The molecule has 3 rings (SSSR count). The van der Waals surface area contributed by atoms with Gasteiger partial charge in [-0.2, -0.15) is 0 Å². The Kier molecular flexibility index (Phi) is 2.20. The monoisotopic (exact) mass is 238 g/mol. The van der Waals surface area contributed by atoms with Crippen molar-refractivity contribution in [2.24, 2.45) is 0 Å². The summed E-state index contributed by atoms with van der Waals surface area (Å²) in [7, 11) is 0. The summed E-state index contributed by atoms with van der Waals surface area (Å²) in [6.45, 7) is 3.86. The normalized spacial score (nSPS) is 11.2. The third-order valence-corrected chi connectivity index (χ3v) is 3.43. The Morgan fingerprint density at radius 2 is 1.50 bits per heavy atom. The second-order valence-electron chi connectivity index (χ2n) is 4.79. The Morgan fingerprint density at radius 3 is 2.28 bits per heavy atom. The zero-order valence-electron chi connectivity index (χ0n) is 10.4. The molecule has 2 nitrogen and oxygen atoms in total. The minimum absolute atomic E-state index is 0.274. The predicted molar refractivity (Wildman–Crippen MR) is 74.3 cm³/mol. The molecule has 0 radical (unpaired) electrons. The van der Waals surface area contributed by atoms with Crippen LogP contribution in [-0.2, 0) is 0 Å². The Bertz CT molecular complexity index is 773. The highest BCUT2D eigenvalue weighted by Crippen LogP contribution is 2.34. The minimum Gasteiger partial charge on any atom is -0.508 e. The first-order chi connectivity index (χ1) is 8.56. The van der Waals surface area contributed by atoms with Gasteiger partial charge >= 0.3 is 0 Å². The summed E-state index contributed by atoms with van der Waals surface area (Å²) in [6.07, 6.45) is 0. The van der Waals surface area contributed by atoms with E-state index in [1.165, 1.54) is 0 Å². The molecule has 18 heavy (non-hydrogen) atoms. The van der Waals surface area contributed by atoms with Crippen molar-refractivity contribution in [1.29, 1.82) is 0 Å². The molecule has 0 fully saturated rings. The number of benzene rings is 3. The zero-order valence-corrected chi connectivity index (χ0v) is 10.4. The lowest BCUT2D eigenvalue weighted by molar-refractivity contribution is 0.472. The largest absolute Gasteiger partial charge is 0.508 e. The lowest BCUT2D eigenvalue weighted by atomic mass is 9.96. The van der Waals surface area contributed by atoms with Gasteiger partial charge in [0, 0.05) is 0 Å². The minimum atomic E-state index is 0.274. The van der Waals surface area contributed by atoms with Crippen LogP contribution in [0.25, 0.3) is 21.5 Å². The molecular formula is C16H14O2. The molecule has 0 aliphatic heterocycles. The quantitative estimate of drug-likeness (QED) is 0.581. The average Bonchev–Trinajstić information content (AvgIpc) is 2.30. The van der Waals surface area contributed by atoms with Gasteiger partial charge in [0.1, 0.15) is 11.5 Å². The van der Waals surface area contributed by atoms with E-state index in [4.69, 9.17) is 0 Å². The molecule has 0 unspecified atom stereocenters. The Labute approximate surface area is 105 Å². The molecule has 3 aromatic rings. The maximum atomic E-state index is 9.87. The molecular weight excluding hydrogens is 224 g/mol. The van der Waals surface area contributed by atoms with Crippen molar-refractivity contribution >= 4 is 21.5 Å². The molecule has 3 aromatic carbocycles. The van der Waals surface area contributed by atoms with E-state index in [2.05, 4.69) is 0 Å². The van der Waals surface area contributed by atoms with Crippen molar-refractivity contribution in [3.63, 3.8) is 0 Å². The molecule has 0 saturated carbocycles. The molecule has 0 aliphatic rings. The van der Waals surface area contributed by atoms with E-state index in [0.29, 0.717) is 5.75 Å². The molecule has 0 spiro atoms. The summed E-state index contributed by atoms with van der Waals surface area (Å²) in [5.74, 6) is 0.582. The summed E-state index contributed by atoms with van der Waals surface area (Å²) in [4.78, 5) is 0. The van der Waals surface area contributed by atoms with Gasteiger partial charge in [0.05, 0.1) is 0 Å². The third kappa shape index (κ3) is 1.50. The molecule has 0 heterocycles. The highest BCUT2D eigenvalue weighted by Gasteiger charge is 2.07. The average molecular weight is 238 g/mol. The highest BCUT2D eigenvalue weighted by molar-refractivity contribution is 6.10. The van der Waals surface area contributed by atoms with E-state index in [1.807, 2.05) is 32.0 Å². The number of aryl methyl sites for hydroxylation is 2. The van der Waals surface area contributed by atoms with Crippen LogP contribution in [-0.4, -0.2) is 10.2 Å². The molecule has 0 aromatic heterocycles. The first-order valence-electron chi connectivity index (χ1n) is 5.92.